The summed E-state index contributed by atoms with van der Waals surface area (Å²) in [5.41, 5.74) is 0. The summed E-state index contributed by atoms with van der Waals surface area (Å²) in [5.74, 6) is -0.0111. The summed E-state index contributed by atoms with van der Waals surface area (Å²) in [6.07, 6.45) is 88.5. The van der Waals surface area contributed by atoms with Crippen molar-refractivity contribution in [3.8, 4) is 0 Å². The first kappa shape index (κ1) is 79.6. The Labute approximate surface area is 508 Å². The van der Waals surface area contributed by atoms with Crippen LogP contribution in [-0.4, -0.2) is 47.4 Å². The van der Waals surface area contributed by atoms with E-state index in [1.807, 2.05) is 0 Å². The minimum atomic E-state index is -0.665. The number of rotatable bonds is 71. The number of hydrogen-bond donors (Lipinski definition) is 3. The molecule has 0 rings (SSSR count). The molecule has 0 saturated carbocycles. The van der Waals surface area contributed by atoms with Crippen LogP contribution in [0.15, 0.2) is 12.2 Å². The van der Waals surface area contributed by atoms with E-state index in [1.54, 1.807) is 0 Å². The second-order valence-corrected chi connectivity index (χ2v) is 26.0. The number of carbonyl (C=O) groups excluding carboxylic acids is 2. The lowest BCUT2D eigenvalue weighted by atomic mass is 10.0. The molecule has 0 aromatic rings. The number of esters is 1. The first-order chi connectivity index (χ1) is 40.0. The van der Waals surface area contributed by atoms with Crippen LogP contribution in [0, 0.1) is 0 Å². The number of ether oxygens (including phenoxy) is 1. The van der Waals surface area contributed by atoms with Gasteiger partial charge in [0.25, 0.3) is 0 Å². The summed E-state index contributed by atoms with van der Waals surface area (Å²) in [6, 6.07) is -0.543. The van der Waals surface area contributed by atoms with Crippen molar-refractivity contribution < 1.29 is 24.5 Å². The molecule has 2 atom stereocenters. The molecule has 0 radical (unpaired) electrons. The number of unbranched alkanes of at least 4 members (excludes halogenated alkanes) is 58. The predicted octanol–water partition coefficient (Wildman–Crippen LogP) is 24.3. The lowest BCUT2D eigenvalue weighted by Crippen LogP contribution is -2.45. The second kappa shape index (κ2) is 71.1. The van der Waals surface area contributed by atoms with E-state index < -0.39 is 12.1 Å². The molecule has 0 aliphatic heterocycles. The number of nitrogens with one attached hydrogen (secondary N) is 1. The fourth-order valence-corrected chi connectivity index (χ4v) is 12.1. The van der Waals surface area contributed by atoms with Crippen LogP contribution >= 0.6 is 0 Å². The van der Waals surface area contributed by atoms with Crippen molar-refractivity contribution in [2.75, 3.05) is 13.2 Å². The van der Waals surface area contributed by atoms with Gasteiger partial charge in [0.15, 0.2) is 0 Å². The number of aliphatic hydroxyl groups excluding tert-OH is 2. The average Bonchev–Trinajstić information content (AvgIpc) is 3.47. The van der Waals surface area contributed by atoms with Crippen molar-refractivity contribution in [3.05, 3.63) is 12.2 Å². The lowest BCUT2D eigenvalue weighted by molar-refractivity contribution is -0.143. The minimum absolute atomic E-state index is 0.0193. The molecule has 6 heteroatoms. The first-order valence-corrected chi connectivity index (χ1v) is 37.4. The molecular weight excluding hydrogens is 995 g/mol. The van der Waals surface area contributed by atoms with Gasteiger partial charge >= 0.3 is 5.97 Å². The Bertz CT molecular complexity index is 1220. The van der Waals surface area contributed by atoms with Crippen LogP contribution in [0.4, 0.5) is 0 Å². The molecule has 0 aliphatic carbocycles. The Morgan fingerprint density at radius 2 is 0.580 bits per heavy atom. The standard InChI is InChI=1S/C75H147NO5/c1-3-5-7-9-11-13-15-17-19-20-21-22-30-33-36-40-43-47-51-55-59-63-67-73(78)72(71-77)76-74(79)68-64-60-56-52-48-44-41-37-34-31-28-26-24-23-25-27-29-32-35-38-42-46-50-54-58-62-66-70-81-75(80)69-65-61-57-53-49-45-39-18-16-14-12-10-8-6-4-2/h23-24,72-73,77-78H,3-22,25-71H2,1-2H3,(H,76,79)/b24-23-. The Balaban J connectivity index is 3.37. The topological polar surface area (TPSA) is 95.9 Å². The van der Waals surface area contributed by atoms with Gasteiger partial charge < -0.3 is 20.3 Å². The lowest BCUT2D eigenvalue weighted by Gasteiger charge is -2.22. The molecule has 0 aromatic heterocycles. The van der Waals surface area contributed by atoms with Gasteiger partial charge in [-0.25, -0.2) is 0 Å². The van der Waals surface area contributed by atoms with Gasteiger partial charge in [0.05, 0.1) is 25.4 Å². The Kier molecular flexibility index (Phi) is 69.9. The molecule has 6 nitrogen and oxygen atoms in total. The van der Waals surface area contributed by atoms with Gasteiger partial charge in [-0.1, -0.05) is 379 Å². The van der Waals surface area contributed by atoms with Crippen LogP contribution in [0.3, 0.4) is 0 Å². The van der Waals surface area contributed by atoms with Crippen molar-refractivity contribution in [1.82, 2.24) is 5.32 Å². The van der Waals surface area contributed by atoms with Crippen molar-refractivity contribution in [1.29, 1.82) is 0 Å². The van der Waals surface area contributed by atoms with E-state index in [9.17, 15) is 19.8 Å². The number of carbonyl (C=O) groups is 2. The molecule has 1 amide bonds. The largest absolute Gasteiger partial charge is 0.466 e. The van der Waals surface area contributed by atoms with Crippen molar-refractivity contribution in [2.24, 2.45) is 0 Å². The number of hydrogen-bond acceptors (Lipinski definition) is 5. The molecule has 81 heavy (non-hydrogen) atoms. The van der Waals surface area contributed by atoms with Crippen molar-refractivity contribution in [2.45, 2.75) is 443 Å². The van der Waals surface area contributed by atoms with Gasteiger partial charge in [0.2, 0.25) is 5.91 Å². The Morgan fingerprint density at radius 1 is 0.333 bits per heavy atom. The minimum Gasteiger partial charge on any atom is -0.466 e. The van der Waals surface area contributed by atoms with Crippen LogP contribution in [-0.2, 0) is 14.3 Å². The predicted molar refractivity (Wildman–Crippen MR) is 357 cm³/mol. The summed E-state index contributed by atoms with van der Waals surface area (Å²) in [6.45, 7) is 5.01. The van der Waals surface area contributed by atoms with E-state index in [0.29, 0.717) is 25.9 Å². The van der Waals surface area contributed by atoms with Crippen LogP contribution in [0.1, 0.15) is 431 Å². The summed E-state index contributed by atoms with van der Waals surface area (Å²) in [7, 11) is 0. The van der Waals surface area contributed by atoms with Gasteiger partial charge in [-0.15, -0.1) is 0 Å². The molecule has 0 heterocycles. The van der Waals surface area contributed by atoms with E-state index in [-0.39, 0.29) is 18.5 Å². The van der Waals surface area contributed by atoms with Crippen LogP contribution < -0.4 is 5.32 Å². The smallest absolute Gasteiger partial charge is 0.305 e. The summed E-state index contributed by atoms with van der Waals surface area (Å²) >= 11 is 0. The summed E-state index contributed by atoms with van der Waals surface area (Å²) < 4.78 is 5.50. The number of allylic oxidation sites excluding steroid dienone is 2. The quantitative estimate of drug-likeness (QED) is 0.0320. The highest BCUT2D eigenvalue weighted by Gasteiger charge is 2.20. The maximum absolute atomic E-state index is 12.6. The molecule has 0 aromatic carbocycles. The number of aliphatic hydroxyl groups is 2. The van der Waals surface area contributed by atoms with E-state index in [1.165, 1.54) is 360 Å². The zero-order valence-electron chi connectivity index (χ0n) is 55.3. The zero-order valence-corrected chi connectivity index (χ0v) is 55.3. The maximum atomic E-state index is 12.6. The third-order valence-corrected chi connectivity index (χ3v) is 17.8. The first-order valence-electron chi connectivity index (χ1n) is 37.4. The zero-order chi connectivity index (χ0) is 58.5. The van der Waals surface area contributed by atoms with Crippen LogP contribution in [0.5, 0.6) is 0 Å². The van der Waals surface area contributed by atoms with E-state index in [0.717, 1.165) is 38.5 Å². The third-order valence-electron chi connectivity index (χ3n) is 17.8. The summed E-state index contributed by atoms with van der Waals surface area (Å²) in [4.78, 5) is 24.6. The molecular formula is C75H147NO5. The molecule has 0 aliphatic rings. The highest BCUT2D eigenvalue weighted by molar-refractivity contribution is 5.76. The monoisotopic (exact) mass is 1140 g/mol. The third kappa shape index (κ3) is 67.6. The SMILES string of the molecule is CCCCCCCCCCCCCCCCCCCCCCCCC(O)C(CO)NC(=O)CCCCCCCCCCCCC/C=C\CCCCCCCCCCCCCCOC(=O)CCCCCCCCCCCCCCCCC. The highest BCUT2D eigenvalue weighted by Crippen LogP contribution is 2.20. The molecule has 3 N–H and O–H groups in total. The molecule has 482 valence electrons. The van der Waals surface area contributed by atoms with Crippen LogP contribution in [0.2, 0.25) is 0 Å². The second-order valence-electron chi connectivity index (χ2n) is 26.0. The fraction of sp³-hybridized carbons (Fsp3) is 0.947. The van der Waals surface area contributed by atoms with Crippen LogP contribution in [0.25, 0.3) is 0 Å². The summed E-state index contributed by atoms with van der Waals surface area (Å²) in [5, 5.41) is 23.4. The van der Waals surface area contributed by atoms with Crippen molar-refractivity contribution >= 4 is 11.9 Å². The highest BCUT2D eigenvalue weighted by atomic mass is 16.5. The Morgan fingerprint density at radius 3 is 0.877 bits per heavy atom. The maximum Gasteiger partial charge on any atom is 0.305 e. The molecule has 0 fully saturated rings. The normalized spacial score (nSPS) is 12.5. The van der Waals surface area contributed by atoms with Gasteiger partial charge in [-0.05, 0) is 51.4 Å². The molecule has 0 spiro atoms. The molecule has 0 saturated heterocycles. The van der Waals surface area contributed by atoms with Gasteiger partial charge in [0.1, 0.15) is 0 Å². The molecule has 0 bridgehead atoms. The number of amides is 1. The van der Waals surface area contributed by atoms with Gasteiger partial charge in [-0.2, -0.15) is 0 Å². The average molecular weight is 1140 g/mol. The molecule has 2 unspecified atom stereocenters. The van der Waals surface area contributed by atoms with E-state index in [2.05, 4.69) is 31.3 Å². The van der Waals surface area contributed by atoms with Gasteiger partial charge in [-0.3, -0.25) is 9.59 Å². The van der Waals surface area contributed by atoms with E-state index >= 15 is 0 Å². The fourth-order valence-electron chi connectivity index (χ4n) is 12.1. The van der Waals surface area contributed by atoms with Crippen molar-refractivity contribution in [3.63, 3.8) is 0 Å². The van der Waals surface area contributed by atoms with E-state index in [4.69, 9.17) is 4.74 Å². The van der Waals surface area contributed by atoms with Gasteiger partial charge in [0, 0.05) is 12.8 Å². The Hall–Kier alpha value is -1.40.